The van der Waals surface area contributed by atoms with Crippen LogP contribution in [0, 0.1) is 6.92 Å². The zero-order valence-corrected chi connectivity index (χ0v) is 15.4. The van der Waals surface area contributed by atoms with Gasteiger partial charge in [0.1, 0.15) is 11.5 Å². The second-order valence-electron chi connectivity index (χ2n) is 6.93. The second-order valence-corrected chi connectivity index (χ2v) is 6.93. The number of carbonyl (C=O) groups is 1. The zero-order chi connectivity index (χ0) is 18.1. The fraction of sp³-hybridized carbons (Fsp3) is 0.381. The van der Waals surface area contributed by atoms with E-state index in [2.05, 4.69) is 28.5 Å². The fourth-order valence-electron chi connectivity index (χ4n) is 3.71. The van der Waals surface area contributed by atoms with Crippen LogP contribution >= 0.6 is 0 Å². The van der Waals surface area contributed by atoms with Crippen LogP contribution in [0.15, 0.2) is 46.9 Å². The molecule has 0 N–H and O–H groups in total. The topological polar surface area (TPSA) is 41.6 Å². The molecule has 1 aliphatic heterocycles. The molecule has 26 heavy (non-hydrogen) atoms. The summed E-state index contributed by atoms with van der Waals surface area (Å²) in [6.07, 6.45) is 0. The van der Waals surface area contributed by atoms with Crippen molar-refractivity contribution in [3.8, 4) is 0 Å². The summed E-state index contributed by atoms with van der Waals surface area (Å²) in [7, 11) is 0. The fourth-order valence-corrected chi connectivity index (χ4v) is 3.71. The summed E-state index contributed by atoms with van der Waals surface area (Å²) >= 11 is 0. The molecule has 136 valence electrons. The number of carbonyl (C=O) groups excluding carboxylic acids is 1. The first-order valence-corrected chi connectivity index (χ1v) is 9.31. The van der Waals surface area contributed by atoms with Crippen LogP contribution in [0.5, 0.6) is 0 Å². The van der Waals surface area contributed by atoms with E-state index in [0.29, 0.717) is 12.2 Å². The summed E-state index contributed by atoms with van der Waals surface area (Å²) in [5, 5.41) is 0. The summed E-state index contributed by atoms with van der Waals surface area (Å²) in [5.41, 5.74) is 3.66. The average molecular weight is 351 g/mol. The molecule has 0 saturated carbocycles. The molecule has 3 heterocycles. The van der Waals surface area contributed by atoms with Gasteiger partial charge in [0.05, 0.1) is 5.52 Å². The van der Waals surface area contributed by atoms with Crippen molar-refractivity contribution in [1.29, 1.82) is 0 Å². The number of fused-ring (bicyclic) bond motifs is 1. The highest BCUT2D eigenvalue weighted by Crippen LogP contribution is 2.26. The van der Waals surface area contributed by atoms with E-state index in [-0.39, 0.29) is 5.91 Å². The zero-order valence-electron chi connectivity index (χ0n) is 15.4. The number of amides is 1. The molecule has 2 aromatic heterocycles. The molecule has 0 spiro atoms. The Hall–Kier alpha value is -2.53. The molecule has 1 amide bonds. The summed E-state index contributed by atoms with van der Waals surface area (Å²) in [4.78, 5) is 17.5. The highest BCUT2D eigenvalue weighted by atomic mass is 16.3. The van der Waals surface area contributed by atoms with Crippen LogP contribution in [0.3, 0.4) is 0 Å². The monoisotopic (exact) mass is 351 g/mol. The predicted molar refractivity (Wildman–Crippen MR) is 103 cm³/mol. The van der Waals surface area contributed by atoms with Crippen LogP contribution in [-0.2, 0) is 6.54 Å². The summed E-state index contributed by atoms with van der Waals surface area (Å²) in [6, 6.07) is 14.2. The van der Waals surface area contributed by atoms with E-state index in [1.807, 2.05) is 42.2 Å². The number of rotatable bonds is 4. The van der Waals surface area contributed by atoms with Crippen LogP contribution in [0.25, 0.3) is 11.1 Å². The summed E-state index contributed by atoms with van der Waals surface area (Å²) in [6.45, 7) is 9.26. The van der Waals surface area contributed by atoms with Crippen molar-refractivity contribution in [2.24, 2.45) is 0 Å². The minimum atomic E-state index is 0.0979. The van der Waals surface area contributed by atoms with Gasteiger partial charge in [-0.1, -0.05) is 37.3 Å². The van der Waals surface area contributed by atoms with Crippen LogP contribution in [0.4, 0.5) is 0 Å². The predicted octanol–water partition coefficient (Wildman–Crippen LogP) is 3.37. The van der Waals surface area contributed by atoms with E-state index in [0.717, 1.165) is 49.6 Å². The van der Waals surface area contributed by atoms with Crippen LogP contribution in [-0.4, -0.2) is 53.0 Å². The summed E-state index contributed by atoms with van der Waals surface area (Å²) in [5.74, 6) is 0.966. The summed E-state index contributed by atoms with van der Waals surface area (Å²) < 4.78 is 7.89. The molecular formula is C21H25N3O2. The third kappa shape index (κ3) is 3.15. The molecule has 0 atom stereocenters. The van der Waals surface area contributed by atoms with Gasteiger partial charge in [-0.05, 0) is 19.0 Å². The Kier molecular flexibility index (Phi) is 4.55. The van der Waals surface area contributed by atoms with Crippen LogP contribution in [0.2, 0.25) is 0 Å². The lowest BCUT2D eigenvalue weighted by Gasteiger charge is -2.34. The lowest BCUT2D eigenvalue weighted by molar-refractivity contribution is 0.0633. The van der Waals surface area contributed by atoms with Crippen molar-refractivity contribution in [1.82, 2.24) is 14.4 Å². The number of aromatic nitrogens is 1. The minimum absolute atomic E-state index is 0.0979. The first kappa shape index (κ1) is 16.9. The second kappa shape index (κ2) is 7.00. The molecule has 4 rings (SSSR count). The molecular weight excluding hydrogens is 326 g/mol. The minimum Gasteiger partial charge on any atom is -0.460 e. The SMILES string of the molecule is CCN1CCN(C(=O)c2cc3oc(C)cc3n2Cc2ccccc2)CC1. The third-order valence-electron chi connectivity index (χ3n) is 5.22. The maximum absolute atomic E-state index is 13.2. The number of likely N-dealkylation sites (N-methyl/N-ethyl adjacent to an activating group) is 1. The van der Waals surface area contributed by atoms with E-state index in [4.69, 9.17) is 4.42 Å². The van der Waals surface area contributed by atoms with E-state index in [9.17, 15) is 4.79 Å². The normalized spacial score (nSPS) is 15.7. The Labute approximate surface area is 153 Å². The van der Waals surface area contributed by atoms with Gasteiger partial charge in [0.15, 0.2) is 5.58 Å². The van der Waals surface area contributed by atoms with Crippen molar-refractivity contribution in [3.05, 3.63) is 59.5 Å². The molecule has 0 unspecified atom stereocenters. The van der Waals surface area contributed by atoms with Gasteiger partial charge in [-0.25, -0.2) is 0 Å². The smallest absolute Gasteiger partial charge is 0.270 e. The molecule has 5 heteroatoms. The maximum Gasteiger partial charge on any atom is 0.270 e. The molecule has 0 aliphatic carbocycles. The van der Waals surface area contributed by atoms with Gasteiger partial charge in [0.2, 0.25) is 0 Å². The first-order chi connectivity index (χ1) is 12.7. The number of aryl methyl sites for hydroxylation is 1. The molecule has 1 aromatic carbocycles. The van der Waals surface area contributed by atoms with E-state index >= 15 is 0 Å². The van der Waals surface area contributed by atoms with Gasteiger partial charge < -0.3 is 18.8 Å². The molecule has 0 radical (unpaired) electrons. The number of hydrogen-bond donors (Lipinski definition) is 0. The van der Waals surface area contributed by atoms with Crippen LogP contribution < -0.4 is 0 Å². The number of benzene rings is 1. The standard InChI is InChI=1S/C21H25N3O2/c1-3-22-9-11-23(12-10-22)21(25)19-14-20-18(13-16(2)26-20)24(19)15-17-7-5-4-6-8-17/h4-8,13-14H,3,9-12,15H2,1-2H3. The van der Waals surface area contributed by atoms with Crippen molar-refractivity contribution in [3.63, 3.8) is 0 Å². The van der Waals surface area contributed by atoms with Gasteiger partial charge >= 0.3 is 0 Å². The average Bonchev–Trinajstić information content (AvgIpc) is 3.19. The molecule has 1 fully saturated rings. The van der Waals surface area contributed by atoms with E-state index < -0.39 is 0 Å². The van der Waals surface area contributed by atoms with E-state index in [1.54, 1.807) is 0 Å². The van der Waals surface area contributed by atoms with Crippen LogP contribution in [0.1, 0.15) is 28.7 Å². The number of piperazine rings is 1. The number of hydrogen-bond acceptors (Lipinski definition) is 3. The quantitative estimate of drug-likeness (QED) is 0.724. The molecule has 0 bridgehead atoms. The Balaban J connectivity index is 1.67. The number of furan rings is 1. The van der Waals surface area contributed by atoms with Crippen molar-refractivity contribution in [2.45, 2.75) is 20.4 Å². The molecule has 3 aromatic rings. The Morgan fingerprint density at radius 3 is 2.50 bits per heavy atom. The largest absolute Gasteiger partial charge is 0.460 e. The van der Waals surface area contributed by atoms with Gasteiger partial charge in [-0.15, -0.1) is 0 Å². The lowest BCUT2D eigenvalue weighted by atomic mass is 10.2. The molecule has 1 saturated heterocycles. The van der Waals surface area contributed by atoms with Gasteiger partial charge in [0, 0.05) is 44.9 Å². The number of nitrogens with zero attached hydrogens (tertiary/aromatic N) is 3. The Morgan fingerprint density at radius 2 is 1.81 bits per heavy atom. The van der Waals surface area contributed by atoms with Crippen molar-refractivity contribution >= 4 is 17.0 Å². The van der Waals surface area contributed by atoms with E-state index in [1.165, 1.54) is 5.56 Å². The first-order valence-electron chi connectivity index (χ1n) is 9.31. The molecule has 5 nitrogen and oxygen atoms in total. The lowest BCUT2D eigenvalue weighted by Crippen LogP contribution is -2.48. The van der Waals surface area contributed by atoms with Crippen molar-refractivity contribution in [2.75, 3.05) is 32.7 Å². The molecule has 1 aliphatic rings. The third-order valence-corrected chi connectivity index (χ3v) is 5.22. The van der Waals surface area contributed by atoms with Gasteiger partial charge in [-0.3, -0.25) is 4.79 Å². The van der Waals surface area contributed by atoms with Gasteiger partial charge in [0.25, 0.3) is 5.91 Å². The Morgan fingerprint density at radius 1 is 1.08 bits per heavy atom. The Bertz CT molecular complexity index is 902. The highest BCUT2D eigenvalue weighted by molar-refractivity contribution is 5.97. The highest BCUT2D eigenvalue weighted by Gasteiger charge is 2.26. The maximum atomic E-state index is 13.2. The van der Waals surface area contributed by atoms with Crippen molar-refractivity contribution < 1.29 is 9.21 Å². The van der Waals surface area contributed by atoms with Gasteiger partial charge in [-0.2, -0.15) is 0 Å².